The Labute approximate surface area is 174 Å². The summed E-state index contributed by atoms with van der Waals surface area (Å²) in [7, 11) is 0. The molecule has 0 bridgehead atoms. The van der Waals surface area contributed by atoms with E-state index < -0.39 is 12.0 Å². The Morgan fingerprint density at radius 2 is 1.87 bits per heavy atom. The Bertz CT molecular complexity index is 919. The van der Waals surface area contributed by atoms with Crippen LogP contribution in [0.25, 0.3) is 0 Å². The number of carboxylic acid groups (broad SMARTS) is 1. The Hall–Kier alpha value is -3.43. The van der Waals surface area contributed by atoms with Crippen LogP contribution in [-0.2, 0) is 0 Å². The number of nitrogens with zero attached hydrogens (tertiary/aromatic N) is 3. The quantitative estimate of drug-likeness (QED) is 0.464. The molecule has 2 amide bonds. The van der Waals surface area contributed by atoms with Gasteiger partial charge in [0.15, 0.2) is 11.5 Å². The molecule has 0 radical (unpaired) electrons. The molecule has 160 valence electrons. The standard InChI is InChI=1S/C20H27N7O3/c1-11(2)12-8-5-9-16(22-12)24-15-10-17(26-27-18(15)19(21)28)23-13-6-3-4-7-14(13)25-20(29)30/h5,8-11,13-14,25H,3-4,6-7H2,1-2H3,(H2,21,28)(H,29,30)(H2,22,23,24,26)/t13-,14+/m1/s1. The van der Waals surface area contributed by atoms with E-state index in [1.807, 2.05) is 26.0 Å². The van der Waals surface area contributed by atoms with Gasteiger partial charge >= 0.3 is 6.09 Å². The minimum Gasteiger partial charge on any atom is -0.465 e. The summed E-state index contributed by atoms with van der Waals surface area (Å²) in [4.78, 5) is 27.5. The predicted molar refractivity (Wildman–Crippen MR) is 113 cm³/mol. The molecule has 1 aliphatic carbocycles. The first kappa shape index (κ1) is 21.3. The molecule has 1 fully saturated rings. The van der Waals surface area contributed by atoms with Crippen LogP contribution in [0.15, 0.2) is 24.3 Å². The van der Waals surface area contributed by atoms with E-state index in [0.29, 0.717) is 17.3 Å². The third-order valence-corrected chi connectivity index (χ3v) is 5.06. The van der Waals surface area contributed by atoms with Gasteiger partial charge in [0.25, 0.3) is 5.91 Å². The average molecular weight is 413 g/mol. The maximum Gasteiger partial charge on any atom is 0.404 e. The van der Waals surface area contributed by atoms with Crippen LogP contribution in [0, 0.1) is 0 Å². The van der Waals surface area contributed by atoms with Gasteiger partial charge in [-0.1, -0.05) is 32.8 Å². The number of hydrogen-bond donors (Lipinski definition) is 5. The average Bonchev–Trinajstić information content (AvgIpc) is 2.69. The van der Waals surface area contributed by atoms with Crippen LogP contribution in [0.1, 0.15) is 61.6 Å². The first-order chi connectivity index (χ1) is 14.3. The van der Waals surface area contributed by atoms with Crippen LogP contribution in [0.4, 0.5) is 22.1 Å². The highest BCUT2D eigenvalue weighted by Gasteiger charge is 2.27. The lowest BCUT2D eigenvalue weighted by molar-refractivity contribution is 0.0995. The molecule has 2 aromatic heterocycles. The zero-order valence-corrected chi connectivity index (χ0v) is 17.1. The fraction of sp³-hybridized carbons (Fsp3) is 0.450. The number of rotatable bonds is 7. The second-order valence-electron chi connectivity index (χ2n) is 7.67. The van der Waals surface area contributed by atoms with Gasteiger partial charge in [0.1, 0.15) is 5.82 Å². The lowest BCUT2D eigenvalue weighted by Crippen LogP contribution is -2.48. The Balaban J connectivity index is 1.84. The zero-order valence-electron chi connectivity index (χ0n) is 17.1. The highest BCUT2D eigenvalue weighted by atomic mass is 16.4. The van der Waals surface area contributed by atoms with E-state index in [2.05, 4.69) is 31.1 Å². The molecule has 0 unspecified atom stereocenters. The number of hydrogen-bond acceptors (Lipinski definition) is 7. The smallest absolute Gasteiger partial charge is 0.404 e. The molecule has 2 aromatic rings. The van der Waals surface area contributed by atoms with Crippen molar-refractivity contribution in [2.24, 2.45) is 5.73 Å². The van der Waals surface area contributed by atoms with E-state index in [-0.39, 0.29) is 23.7 Å². The van der Waals surface area contributed by atoms with E-state index in [1.165, 1.54) is 0 Å². The van der Waals surface area contributed by atoms with Crippen molar-refractivity contribution in [2.45, 2.75) is 57.5 Å². The van der Waals surface area contributed by atoms with Crippen molar-refractivity contribution in [1.82, 2.24) is 20.5 Å². The first-order valence-electron chi connectivity index (χ1n) is 10.0. The predicted octanol–water partition coefficient (Wildman–Crippen LogP) is 2.83. The molecule has 0 saturated heterocycles. The van der Waals surface area contributed by atoms with Gasteiger partial charge in [-0.15, -0.1) is 10.2 Å². The van der Waals surface area contributed by atoms with Crippen LogP contribution < -0.4 is 21.7 Å². The molecule has 2 heterocycles. The van der Waals surface area contributed by atoms with E-state index >= 15 is 0 Å². The summed E-state index contributed by atoms with van der Waals surface area (Å²) in [5, 5.41) is 26.0. The van der Waals surface area contributed by atoms with Gasteiger partial charge in [-0.3, -0.25) is 4.79 Å². The topological polar surface area (TPSA) is 155 Å². The van der Waals surface area contributed by atoms with Crippen LogP contribution in [0.5, 0.6) is 0 Å². The first-order valence-corrected chi connectivity index (χ1v) is 10.0. The van der Waals surface area contributed by atoms with Crippen LogP contribution in [0.3, 0.4) is 0 Å². The number of primary amides is 1. The summed E-state index contributed by atoms with van der Waals surface area (Å²) in [6, 6.07) is 6.89. The van der Waals surface area contributed by atoms with E-state index in [1.54, 1.807) is 12.1 Å². The number of nitrogens with two attached hydrogens (primary N) is 1. The van der Waals surface area contributed by atoms with Crippen molar-refractivity contribution < 1.29 is 14.7 Å². The summed E-state index contributed by atoms with van der Waals surface area (Å²) in [6.45, 7) is 4.09. The Kier molecular flexibility index (Phi) is 6.65. The molecule has 0 aliphatic heterocycles. The van der Waals surface area contributed by atoms with Crippen molar-refractivity contribution in [3.8, 4) is 0 Å². The van der Waals surface area contributed by atoms with Gasteiger partial charge in [0, 0.05) is 17.8 Å². The molecule has 10 heteroatoms. The normalized spacial score (nSPS) is 18.6. The van der Waals surface area contributed by atoms with Crippen LogP contribution in [0.2, 0.25) is 0 Å². The fourth-order valence-corrected chi connectivity index (χ4v) is 3.55. The van der Waals surface area contributed by atoms with Crippen molar-refractivity contribution in [3.05, 3.63) is 35.7 Å². The lowest BCUT2D eigenvalue weighted by Gasteiger charge is -2.32. The molecule has 2 atom stereocenters. The van der Waals surface area contributed by atoms with E-state index in [4.69, 9.17) is 10.8 Å². The molecule has 0 spiro atoms. The number of amides is 2. The molecule has 10 nitrogen and oxygen atoms in total. The molecular weight excluding hydrogens is 386 g/mol. The molecule has 30 heavy (non-hydrogen) atoms. The van der Waals surface area contributed by atoms with Gasteiger partial charge in [-0.25, -0.2) is 9.78 Å². The summed E-state index contributed by atoms with van der Waals surface area (Å²) in [5.41, 5.74) is 6.75. The highest BCUT2D eigenvalue weighted by molar-refractivity contribution is 5.97. The molecule has 0 aromatic carbocycles. The largest absolute Gasteiger partial charge is 0.465 e. The highest BCUT2D eigenvalue weighted by Crippen LogP contribution is 2.25. The summed E-state index contributed by atoms with van der Waals surface area (Å²) >= 11 is 0. The maximum absolute atomic E-state index is 11.8. The maximum atomic E-state index is 11.8. The minimum absolute atomic E-state index is 0.00107. The second-order valence-corrected chi connectivity index (χ2v) is 7.67. The SMILES string of the molecule is CC(C)c1cccc(Nc2cc(N[C@@H]3CCCC[C@@H]3NC(=O)O)nnc2C(N)=O)n1. The van der Waals surface area contributed by atoms with Crippen molar-refractivity contribution in [1.29, 1.82) is 0 Å². The minimum atomic E-state index is -1.05. The number of anilines is 3. The molecular formula is C20H27N7O3. The van der Waals surface area contributed by atoms with Crippen LogP contribution >= 0.6 is 0 Å². The Morgan fingerprint density at radius 1 is 1.13 bits per heavy atom. The van der Waals surface area contributed by atoms with Gasteiger partial charge < -0.3 is 26.8 Å². The second kappa shape index (κ2) is 9.38. The number of nitrogens with one attached hydrogen (secondary N) is 3. The van der Waals surface area contributed by atoms with Crippen molar-refractivity contribution in [2.75, 3.05) is 10.6 Å². The van der Waals surface area contributed by atoms with Gasteiger partial charge in [0.05, 0.1) is 11.7 Å². The fourth-order valence-electron chi connectivity index (χ4n) is 3.55. The third kappa shape index (κ3) is 5.34. The molecule has 3 rings (SSSR count). The van der Waals surface area contributed by atoms with Gasteiger partial charge in [-0.05, 0) is 30.9 Å². The monoisotopic (exact) mass is 413 g/mol. The van der Waals surface area contributed by atoms with Crippen molar-refractivity contribution in [3.63, 3.8) is 0 Å². The summed E-state index contributed by atoms with van der Waals surface area (Å²) in [6.07, 6.45) is 2.43. The molecule has 6 N–H and O–H groups in total. The van der Waals surface area contributed by atoms with Gasteiger partial charge in [-0.2, -0.15) is 0 Å². The van der Waals surface area contributed by atoms with E-state index in [0.717, 1.165) is 31.4 Å². The number of pyridine rings is 1. The molecule has 1 aliphatic rings. The lowest BCUT2D eigenvalue weighted by atomic mass is 9.90. The summed E-state index contributed by atoms with van der Waals surface area (Å²) < 4.78 is 0. The van der Waals surface area contributed by atoms with E-state index in [9.17, 15) is 9.59 Å². The van der Waals surface area contributed by atoms with Crippen LogP contribution in [-0.4, -0.2) is 44.4 Å². The Morgan fingerprint density at radius 3 is 2.53 bits per heavy atom. The summed E-state index contributed by atoms with van der Waals surface area (Å²) in [5.74, 6) is 0.525. The number of carbonyl (C=O) groups excluding carboxylic acids is 1. The zero-order chi connectivity index (χ0) is 21.7. The van der Waals surface area contributed by atoms with Crippen molar-refractivity contribution >= 4 is 29.3 Å². The molecule has 1 saturated carbocycles. The number of carbonyl (C=O) groups is 2. The third-order valence-electron chi connectivity index (χ3n) is 5.06. The van der Waals surface area contributed by atoms with Gasteiger partial charge in [0.2, 0.25) is 0 Å². The number of aromatic nitrogens is 3.